The third kappa shape index (κ3) is 52.9. The first-order chi connectivity index (χ1) is 32.8. The van der Waals surface area contributed by atoms with Gasteiger partial charge in [0.25, 0.3) is 0 Å². The molecule has 0 saturated heterocycles. The summed E-state index contributed by atoms with van der Waals surface area (Å²) in [4.78, 5) is 35.1. The van der Waals surface area contributed by atoms with Gasteiger partial charge in [0.1, 0.15) is 6.61 Å². The molecule has 0 aromatic carbocycles. The lowest BCUT2D eigenvalue weighted by molar-refractivity contribution is -0.161. The zero-order chi connectivity index (χ0) is 48.8. The summed E-state index contributed by atoms with van der Waals surface area (Å²) in [5.41, 5.74) is 5.38. The van der Waals surface area contributed by atoms with Crippen LogP contribution in [-0.2, 0) is 32.7 Å². The van der Waals surface area contributed by atoms with Crippen LogP contribution in [0.2, 0.25) is 0 Å². The molecule has 9 nitrogen and oxygen atoms in total. The van der Waals surface area contributed by atoms with Crippen molar-refractivity contribution in [1.82, 2.24) is 0 Å². The third-order valence-corrected chi connectivity index (χ3v) is 12.9. The van der Waals surface area contributed by atoms with Gasteiger partial charge in [-0.3, -0.25) is 18.6 Å². The normalized spacial score (nSPS) is 13.6. The second kappa shape index (κ2) is 53.1. The summed E-state index contributed by atoms with van der Waals surface area (Å²) in [5, 5.41) is 0. The number of esters is 2. The number of phosphoric acid groups is 1. The van der Waals surface area contributed by atoms with Crippen LogP contribution in [0.25, 0.3) is 0 Å². The van der Waals surface area contributed by atoms with E-state index in [0.29, 0.717) is 6.42 Å². The third-order valence-electron chi connectivity index (χ3n) is 11.9. The monoisotopic (exact) mass is 962 g/mol. The molecule has 0 fully saturated rings. The first-order valence-corrected chi connectivity index (χ1v) is 29.3. The minimum atomic E-state index is -4.39. The van der Waals surface area contributed by atoms with Crippen LogP contribution in [0.1, 0.15) is 258 Å². The molecule has 0 aromatic heterocycles. The first kappa shape index (κ1) is 64.7. The number of allylic oxidation sites excluding steroid dienone is 10. The molecule has 0 aliphatic heterocycles. The molecule has 0 spiro atoms. The van der Waals surface area contributed by atoms with Crippen molar-refractivity contribution in [3.63, 3.8) is 0 Å². The van der Waals surface area contributed by atoms with Crippen LogP contribution in [-0.4, -0.2) is 49.3 Å². The number of carbonyl (C=O) groups excluding carboxylic acids is 2. The predicted molar refractivity (Wildman–Crippen MR) is 284 cm³/mol. The lowest BCUT2D eigenvalue weighted by Crippen LogP contribution is -2.29. The lowest BCUT2D eigenvalue weighted by atomic mass is 10.0. The molecule has 390 valence electrons. The van der Waals surface area contributed by atoms with Gasteiger partial charge in [0.2, 0.25) is 0 Å². The van der Waals surface area contributed by atoms with Gasteiger partial charge in [-0.15, -0.1) is 0 Å². The Kier molecular flexibility index (Phi) is 51.3. The van der Waals surface area contributed by atoms with Crippen molar-refractivity contribution in [2.45, 2.75) is 264 Å². The topological polar surface area (TPSA) is 134 Å². The van der Waals surface area contributed by atoms with Gasteiger partial charge >= 0.3 is 19.8 Å². The van der Waals surface area contributed by atoms with E-state index >= 15 is 0 Å². The Bertz CT molecular complexity index is 1280. The maximum Gasteiger partial charge on any atom is 0.472 e. The number of carbonyl (C=O) groups is 2. The highest BCUT2D eigenvalue weighted by molar-refractivity contribution is 7.47. The van der Waals surface area contributed by atoms with Gasteiger partial charge in [-0.2, -0.15) is 0 Å². The van der Waals surface area contributed by atoms with Crippen molar-refractivity contribution >= 4 is 19.8 Å². The Morgan fingerprint density at radius 1 is 0.448 bits per heavy atom. The molecule has 0 bridgehead atoms. The molecule has 0 aromatic rings. The smallest absolute Gasteiger partial charge is 0.462 e. The molecule has 0 aliphatic rings. The summed E-state index contributed by atoms with van der Waals surface area (Å²) in [6.45, 7) is 3.72. The average Bonchev–Trinajstić information content (AvgIpc) is 3.32. The van der Waals surface area contributed by atoms with Gasteiger partial charge in [-0.05, 0) is 83.5 Å². The summed E-state index contributed by atoms with van der Waals surface area (Å²) in [7, 11) is -4.39. The van der Waals surface area contributed by atoms with E-state index in [4.69, 9.17) is 24.3 Å². The van der Waals surface area contributed by atoms with Gasteiger partial charge in [0.15, 0.2) is 6.10 Å². The van der Waals surface area contributed by atoms with Gasteiger partial charge < -0.3 is 20.1 Å². The van der Waals surface area contributed by atoms with E-state index < -0.39 is 26.5 Å². The van der Waals surface area contributed by atoms with Crippen molar-refractivity contribution in [3.8, 4) is 0 Å². The standard InChI is InChI=1S/C57H104NO8P/c1-3-5-7-9-11-13-15-17-19-21-23-24-25-26-27-28-29-30-32-34-36-38-40-42-44-46-48-50-57(60)66-55(54-65-67(61,62)64-52-51-58)53-63-56(59)49-47-45-43-41-39-37-35-33-31-22-20-18-16-14-12-10-8-6-4-2/h12,14-15,17-18,20-21,23,25-26,55H,3-11,13,16,19,22,24,27-54,58H2,1-2H3,(H,61,62)/b14-12-,17-15-,20-18-,23-21-,26-25-. The van der Waals surface area contributed by atoms with Crippen molar-refractivity contribution in [3.05, 3.63) is 60.8 Å². The Labute approximate surface area is 412 Å². The molecule has 0 saturated carbocycles. The number of unbranched alkanes of at least 4 members (excludes halogenated alkanes) is 29. The minimum Gasteiger partial charge on any atom is -0.462 e. The summed E-state index contributed by atoms with van der Waals surface area (Å²) in [5.74, 6) is -0.830. The van der Waals surface area contributed by atoms with Gasteiger partial charge in [-0.1, -0.05) is 222 Å². The number of hydrogen-bond donors (Lipinski definition) is 2. The second-order valence-corrected chi connectivity index (χ2v) is 19.9. The molecular formula is C57H104NO8P. The molecular weight excluding hydrogens is 858 g/mol. The zero-order valence-electron chi connectivity index (χ0n) is 43.4. The van der Waals surface area contributed by atoms with E-state index in [1.54, 1.807) is 0 Å². The largest absolute Gasteiger partial charge is 0.472 e. The molecule has 0 rings (SSSR count). The lowest BCUT2D eigenvalue weighted by Gasteiger charge is -2.19. The maximum absolute atomic E-state index is 12.7. The first-order valence-electron chi connectivity index (χ1n) is 27.8. The molecule has 0 heterocycles. The van der Waals surface area contributed by atoms with Crippen LogP contribution in [0.4, 0.5) is 0 Å². The van der Waals surface area contributed by atoms with Gasteiger partial charge in [-0.25, -0.2) is 4.57 Å². The van der Waals surface area contributed by atoms with Gasteiger partial charge in [0, 0.05) is 19.4 Å². The SMILES string of the molecule is CCCCC/C=C\C/C=C\CCCCCCCCCCCC(=O)OCC(COP(=O)(O)OCCN)OC(=O)CCCCCCCCCCCCCC/C=C\C/C=C\C/C=C\CCCCCCC. The fraction of sp³-hybridized carbons (Fsp3) is 0.789. The van der Waals surface area contributed by atoms with E-state index in [0.717, 1.165) is 57.8 Å². The number of rotatable bonds is 52. The highest BCUT2D eigenvalue weighted by Gasteiger charge is 2.26. The number of phosphoric ester groups is 1. The number of hydrogen-bond acceptors (Lipinski definition) is 8. The van der Waals surface area contributed by atoms with Gasteiger partial charge in [0.05, 0.1) is 13.2 Å². The van der Waals surface area contributed by atoms with Crippen molar-refractivity contribution in [2.24, 2.45) is 5.73 Å². The van der Waals surface area contributed by atoms with Crippen LogP contribution < -0.4 is 5.73 Å². The minimum absolute atomic E-state index is 0.0510. The highest BCUT2D eigenvalue weighted by atomic mass is 31.2. The Morgan fingerprint density at radius 2 is 0.776 bits per heavy atom. The summed E-state index contributed by atoms with van der Waals surface area (Å²) < 4.78 is 33.0. The summed E-state index contributed by atoms with van der Waals surface area (Å²) >= 11 is 0. The summed E-state index contributed by atoms with van der Waals surface area (Å²) in [6, 6.07) is 0. The highest BCUT2D eigenvalue weighted by Crippen LogP contribution is 2.43. The quantitative estimate of drug-likeness (QED) is 0.0264. The zero-order valence-corrected chi connectivity index (χ0v) is 44.3. The Morgan fingerprint density at radius 3 is 1.18 bits per heavy atom. The fourth-order valence-electron chi connectivity index (χ4n) is 7.73. The maximum atomic E-state index is 12.7. The molecule has 0 amide bonds. The summed E-state index contributed by atoms with van der Waals surface area (Å²) in [6.07, 6.45) is 65.5. The van der Waals surface area contributed by atoms with Crippen LogP contribution in [0.3, 0.4) is 0 Å². The fourth-order valence-corrected chi connectivity index (χ4v) is 8.50. The molecule has 67 heavy (non-hydrogen) atoms. The molecule has 10 heteroatoms. The van der Waals surface area contributed by atoms with Crippen LogP contribution in [0.15, 0.2) is 60.8 Å². The number of ether oxygens (including phenoxy) is 2. The molecule has 0 aliphatic carbocycles. The van der Waals surface area contributed by atoms with E-state index in [-0.39, 0.29) is 38.6 Å². The van der Waals surface area contributed by atoms with E-state index in [1.165, 1.54) is 167 Å². The van der Waals surface area contributed by atoms with Crippen molar-refractivity contribution in [2.75, 3.05) is 26.4 Å². The van der Waals surface area contributed by atoms with Crippen LogP contribution >= 0.6 is 7.82 Å². The molecule has 3 N–H and O–H groups in total. The van der Waals surface area contributed by atoms with Crippen molar-refractivity contribution < 1.29 is 37.6 Å². The number of nitrogens with two attached hydrogens (primary N) is 1. The Hall–Kier alpha value is -2.29. The molecule has 2 unspecified atom stereocenters. The average molecular weight is 962 g/mol. The van der Waals surface area contributed by atoms with Crippen LogP contribution in [0.5, 0.6) is 0 Å². The van der Waals surface area contributed by atoms with E-state index in [9.17, 15) is 19.0 Å². The van der Waals surface area contributed by atoms with Crippen LogP contribution in [0, 0.1) is 0 Å². The second-order valence-electron chi connectivity index (χ2n) is 18.4. The molecule has 2 atom stereocenters. The van der Waals surface area contributed by atoms with E-state index in [1.807, 2.05) is 0 Å². The Balaban J connectivity index is 4.00. The van der Waals surface area contributed by atoms with Crippen molar-refractivity contribution in [1.29, 1.82) is 0 Å². The van der Waals surface area contributed by atoms with E-state index in [2.05, 4.69) is 74.6 Å². The molecule has 0 radical (unpaired) electrons. The predicted octanol–water partition coefficient (Wildman–Crippen LogP) is 17.2.